The van der Waals surface area contributed by atoms with E-state index in [1.165, 1.54) is 0 Å². The SMILES string of the molecule is Cc1cc(CNCCO)c([O-])c(CNCCO)c1. The van der Waals surface area contributed by atoms with Gasteiger partial charge < -0.3 is 26.0 Å². The second-order valence-corrected chi connectivity index (χ2v) is 4.21. The molecular formula is C13H21N2O3-. The van der Waals surface area contributed by atoms with E-state index >= 15 is 0 Å². The number of aryl methyl sites for hydroxylation is 1. The van der Waals surface area contributed by atoms with Gasteiger partial charge in [-0.15, -0.1) is 0 Å². The van der Waals surface area contributed by atoms with Crippen LogP contribution in [0.5, 0.6) is 5.75 Å². The van der Waals surface area contributed by atoms with Crippen molar-refractivity contribution >= 4 is 0 Å². The first-order valence-corrected chi connectivity index (χ1v) is 6.11. The first kappa shape index (κ1) is 14.9. The van der Waals surface area contributed by atoms with Gasteiger partial charge in [-0.05, 0) is 18.1 Å². The number of hydrogen-bond donors (Lipinski definition) is 4. The van der Waals surface area contributed by atoms with Crippen molar-refractivity contribution in [2.45, 2.75) is 20.0 Å². The molecule has 0 aliphatic heterocycles. The van der Waals surface area contributed by atoms with E-state index in [4.69, 9.17) is 10.2 Å². The highest BCUT2D eigenvalue weighted by Crippen LogP contribution is 2.21. The van der Waals surface area contributed by atoms with E-state index in [2.05, 4.69) is 10.6 Å². The van der Waals surface area contributed by atoms with Gasteiger partial charge in [-0.25, -0.2) is 0 Å². The zero-order chi connectivity index (χ0) is 13.4. The van der Waals surface area contributed by atoms with Crippen LogP contribution in [0, 0.1) is 6.92 Å². The minimum atomic E-state index is 0.0245. The third-order valence-corrected chi connectivity index (χ3v) is 2.60. The van der Waals surface area contributed by atoms with Gasteiger partial charge in [0.05, 0.1) is 13.2 Å². The van der Waals surface area contributed by atoms with Crippen molar-refractivity contribution < 1.29 is 15.3 Å². The summed E-state index contributed by atoms with van der Waals surface area (Å²) in [6.45, 7) is 3.96. The molecule has 0 aliphatic carbocycles. The van der Waals surface area contributed by atoms with Crippen LogP contribution in [0.25, 0.3) is 0 Å². The highest BCUT2D eigenvalue weighted by Gasteiger charge is 2.02. The molecule has 0 amide bonds. The molecule has 0 radical (unpaired) electrons. The van der Waals surface area contributed by atoms with Gasteiger partial charge >= 0.3 is 0 Å². The number of aliphatic hydroxyl groups is 2. The standard InChI is InChI=1S/C13H22N2O3/c1-10-6-11(8-14-2-4-16)13(18)12(7-10)9-15-3-5-17/h6-7,14-18H,2-5,8-9H2,1H3/p-1. The fourth-order valence-electron chi connectivity index (χ4n) is 1.80. The van der Waals surface area contributed by atoms with Crippen LogP contribution in [-0.4, -0.2) is 36.5 Å². The fourth-order valence-corrected chi connectivity index (χ4v) is 1.80. The van der Waals surface area contributed by atoms with Gasteiger partial charge in [-0.2, -0.15) is 0 Å². The number of aliphatic hydroxyl groups excluding tert-OH is 2. The highest BCUT2D eigenvalue weighted by molar-refractivity contribution is 5.42. The molecule has 0 unspecified atom stereocenters. The lowest BCUT2D eigenvalue weighted by Gasteiger charge is -2.20. The highest BCUT2D eigenvalue weighted by atomic mass is 16.3. The van der Waals surface area contributed by atoms with Crippen LogP contribution in [0.3, 0.4) is 0 Å². The van der Waals surface area contributed by atoms with E-state index in [1.54, 1.807) is 0 Å². The van der Waals surface area contributed by atoms with Crippen LogP contribution in [-0.2, 0) is 13.1 Å². The minimum Gasteiger partial charge on any atom is -0.872 e. The quantitative estimate of drug-likeness (QED) is 0.457. The molecule has 0 aliphatic rings. The molecule has 0 atom stereocenters. The average molecular weight is 253 g/mol. The zero-order valence-corrected chi connectivity index (χ0v) is 10.7. The molecule has 0 spiro atoms. The van der Waals surface area contributed by atoms with Crippen LogP contribution in [0.2, 0.25) is 0 Å². The summed E-state index contributed by atoms with van der Waals surface area (Å²) in [4.78, 5) is 0. The minimum absolute atomic E-state index is 0.0245. The molecule has 0 fully saturated rings. The maximum atomic E-state index is 12.1. The summed E-state index contributed by atoms with van der Waals surface area (Å²) in [5.41, 5.74) is 2.46. The first-order valence-electron chi connectivity index (χ1n) is 6.11. The Kier molecular flexibility index (Phi) is 6.67. The number of nitrogens with one attached hydrogen (secondary N) is 2. The Morgan fingerprint density at radius 3 is 1.83 bits per heavy atom. The van der Waals surface area contributed by atoms with Crippen molar-refractivity contribution in [1.82, 2.24) is 10.6 Å². The van der Waals surface area contributed by atoms with Crippen molar-refractivity contribution in [2.24, 2.45) is 0 Å². The third-order valence-electron chi connectivity index (χ3n) is 2.60. The number of rotatable bonds is 8. The molecule has 1 aromatic rings. The van der Waals surface area contributed by atoms with Gasteiger partial charge in [0.25, 0.3) is 0 Å². The normalized spacial score (nSPS) is 10.8. The zero-order valence-electron chi connectivity index (χ0n) is 10.7. The van der Waals surface area contributed by atoms with Crippen LogP contribution in [0.15, 0.2) is 12.1 Å². The number of hydrogen-bond acceptors (Lipinski definition) is 5. The van der Waals surface area contributed by atoms with E-state index in [1.807, 2.05) is 19.1 Å². The average Bonchev–Trinajstić information content (AvgIpc) is 2.35. The van der Waals surface area contributed by atoms with Gasteiger partial charge in [-0.3, -0.25) is 0 Å². The maximum Gasteiger partial charge on any atom is 0.0556 e. The summed E-state index contributed by atoms with van der Waals surface area (Å²) in [5.74, 6) is 0.0245. The maximum absolute atomic E-state index is 12.1. The van der Waals surface area contributed by atoms with Gasteiger partial charge in [-0.1, -0.05) is 23.4 Å². The summed E-state index contributed by atoms with van der Waals surface area (Å²) in [6, 6.07) is 3.73. The lowest BCUT2D eigenvalue weighted by atomic mass is 10.0. The monoisotopic (exact) mass is 253 g/mol. The van der Waals surface area contributed by atoms with Crippen LogP contribution >= 0.6 is 0 Å². The summed E-state index contributed by atoms with van der Waals surface area (Å²) in [7, 11) is 0. The van der Waals surface area contributed by atoms with Crippen LogP contribution < -0.4 is 15.7 Å². The van der Waals surface area contributed by atoms with Gasteiger partial charge in [0, 0.05) is 26.2 Å². The summed E-state index contributed by atoms with van der Waals surface area (Å²) >= 11 is 0. The van der Waals surface area contributed by atoms with Crippen molar-refractivity contribution in [3.63, 3.8) is 0 Å². The summed E-state index contributed by atoms with van der Waals surface area (Å²) < 4.78 is 0. The predicted octanol–water partition coefficient (Wildman–Crippen LogP) is -0.768. The molecule has 18 heavy (non-hydrogen) atoms. The summed E-state index contributed by atoms with van der Waals surface area (Å²) in [6.07, 6.45) is 0. The summed E-state index contributed by atoms with van der Waals surface area (Å²) in [5, 5.41) is 35.5. The van der Waals surface area contributed by atoms with Crippen LogP contribution in [0.4, 0.5) is 0 Å². The van der Waals surface area contributed by atoms with Crippen molar-refractivity contribution in [3.8, 4) is 5.75 Å². The topological polar surface area (TPSA) is 87.6 Å². The first-order chi connectivity index (χ1) is 8.69. The van der Waals surface area contributed by atoms with Crippen molar-refractivity contribution in [1.29, 1.82) is 0 Å². The van der Waals surface area contributed by atoms with E-state index in [9.17, 15) is 5.11 Å². The Morgan fingerprint density at radius 1 is 1.00 bits per heavy atom. The molecule has 0 heterocycles. The molecule has 5 nitrogen and oxygen atoms in total. The van der Waals surface area contributed by atoms with E-state index < -0.39 is 0 Å². The van der Waals surface area contributed by atoms with Gasteiger partial charge in [0.15, 0.2) is 0 Å². The van der Waals surface area contributed by atoms with Crippen molar-refractivity contribution in [3.05, 3.63) is 28.8 Å². The molecule has 5 heteroatoms. The molecular weight excluding hydrogens is 232 g/mol. The second kappa shape index (κ2) is 8.05. The van der Waals surface area contributed by atoms with E-state index in [0.717, 1.165) is 5.56 Å². The Balaban J connectivity index is 2.71. The van der Waals surface area contributed by atoms with E-state index in [0.29, 0.717) is 37.3 Å². The Hall–Kier alpha value is -1.14. The van der Waals surface area contributed by atoms with Crippen LogP contribution in [0.1, 0.15) is 16.7 Å². The molecule has 1 rings (SSSR count). The second-order valence-electron chi connectivity index (χ2n) is 4.21. The fraction of sp³-hybridized carbons (Fsp3) is 0.538. The van der Waals surface area contributed by atoms with E-state index in [-0.39, 0.29) is 19.0 Å². The largest absolute Gasteiger partial charge is 0.872 e. The lowest BCUT2D eigenvalue weighted by Crippen LogP contribution is -2.21. The molecule has 0 saturated heterocycles. The Bertz CT molecular complexity index is 338. The molecule has 0 aromatic heterocycles. The van der Waals surface area contributed by atoms with Gasteiger partial charge in [0.1, 0.15) is 0 Å². The van der Waals surface area contributed by atoms with Crippen molar-refractivity contribution in [2.75, 3.05) is 26.3 Å². The molecule has 102 valence electrons. The molecule has 1 aromatic carbocycles. The molecule has 0 bridgehead atoms. The lowest BCUT2D eigenvalue weighted by molar-refractivity contribution is -0.270. The van der Waals surface area contributed by atoms with Gasteiger partial charge in [0.2, 0.25) is 0 Å². The predicted molar refractivity (Wildman–Crippen MR) is 68.2 cm³/mol. The smallest absolute Gasteiger partial charge is 0.0556 e. The Labute approximate surface area is 107 Å². The molecule has 4 N–H and O–H groups in total. The Morgan fingerprint density at radius 2 is 1.44 bits per heavy atom. The molecule has 0 saturated carbocycles. The third kappa shape index (κ3) is 4.62. The number of benzene rings is 1.